The average molecular weight is 336 g/mol. The lowest BCUT2D eigenvalue weighted by atomic mass is 10.1. The first kappa shape index (κ1) is 14.5. The molecule has 0 fully saturated rings. The summed E-state index contributed by atoms with van der Waals surface area (Å²) in [4.78, 5) is 8.65. The molecule has 4 rings (SSSR count). The Morgan fingerprint density at radius 3 is 2.79 bits per heavy atom. The Balaban J connectivity index is 1.68. The zero-order valence-corrected chi connectivity index (χ0v) is 13.5. The third kappa shape index (κ3) is 2.65. The molecular formula is C17H12N4O2S. The molecule has 1 N–H and O–H groups in total. The lowest BCUT2D eigenvalue weighted by Gasteiger charge is -1.95. The summed E-state index contributed by atoms with van der Waals surface area (Å²) in [7, 11) is 0. The standard InChI is InChI=1S/C17H12N4O2S/c1-10-5-7-11(8-6-10)16-19-14(17(22)23-16)9-18-12-3-2-4-13-15(12)21-24-20-13/h2-9,22H,1H3. The van der Waals surface area contributed by atoms with Gasteiger partial charge in [0.1, 0.15) is 11.0 Å². The van der Waals surface area contributed by atoms with Gasteiger partial charge < -0.3 is 9.52 Å². The van der Waals surface area contributed by atoms with Crippen molar-refractivity contribution in [2.24, 2.45) is 4.99 Å². The number of fused-ring (bicyclic) bond motifs is 1. The van der Waals surface area contributed by atoms with Gasteiger partial charge in [-0.25, -0.2) is 4.98 Å². The molecule has 118 valence electrons. The highest BCUT2D eigenvalue weighted by molar-refractivity contribution is 7.00. The van der Waals surface area contributed by atoms with E-state index in [0.29, 0.717) is 11.6 Å². The van der Waals surface area contributed by atoms with Crippen molar-refractivity contribution in [3.63, 3.8) is 0 Å². The van der Waals surface area contributed by atoms with Crippen LogP contribution in [0.1, 0.15) is 11.3 Å². The van der Waals surface area contributed by atoms with E-state index >= 15 is 0 Å². The fraction of sp³-hybridized carbons (Fsp3) is 0.0588. The zero-order valence-electron chi connectivity index (χ0n) is 12.7. The normalized spacial score (nSPS) is 11.5. The molecule has 0 spiro atoms. The van der Waals surface area contributed by atoms with Gasteiger partial charge in [0.25, 0.3) is 0 Å². The first-order valence-corrected chi connectivity index (χ1v) is 7.96. The second-order valence-corrected chi connectivity index (χ2v) is 5.77. The zero-order chi connectivity index (χ0) is 16.5. The number of aromatic nitrogens is 3. The first-order valence-electron chi connectivity index (χ1n) is 7.23. The van der Waals surface area contributed by atoms with E-state index in [9.17, 15) is 5.11 Å². The Morgan fingerprint density at radius 1 is 1.12 bits per heavy atom. The molecule has 4 aromatic rings. The van der Waals surface area contributed by atoms with Gasteiger partial charge in [-0.3, -0.25) is 4.99 Å². The van der Waals surface area contributed by atoms with Crippen molar-refractivity contribution >= 4 is 34.7 Å². The van der Waals surface area contributed by atoms with Gasteiger partial charge in [0.15, 0.2) is 5.69 Å². The predicted octanol–water partition coefficient (Wildman–Crippen LogP) is 4.11. The van der Waals surface area contributed by atoms with Crippen molar-refractivity contribution in [2.45, 2.75) is 6.92 Å². The smallest absolute Gasteiger partial charge is 0.312 e. The Bertz CT molecular complexity index is 1030. The van der Waals surface area contributed by atoms with Crippen LogP contribution in [-0.2, 0) is 0 Å². The predicted molar refractivity (Wildman–Crippen MR) is 93.0 cm³/mol. The van der Waals surface area contributed by atoms with E-state index in [1.807, 2.05) is 49.4 Å². The third-order valence-electron chi connectivity index (χ3n) is 3.52. The van der Waals surface area contributed by atoms with Crippen LogP contribution < -0.4 is 0 Å². The maximum absolute atomic E-state index is 9.95. The number of nitrogens with zero attached hydrogens (tertiary/aromatic N) is 4. The number of rotatable bonds is 3. The first-order chi connectivity index (χ1) is 11.7. The summed E-state index contributed by atoms with van der Waals surface area (Å²) in [5.74, 6) is 0.0837. The van der Waals surface area contributed by atoms with E-state index < -0.39 is 0 Å². The maximum atomic E-state index is 9.95. The topological polar surface area (TPSA) is 84.4 Å². The SMILES string of the molecule is Cc1ccc(-c2nc(C=Nc3cccc4nsnc34)c(O)o2)cc1. The van der Waals surface area contributed by atoms with Crippen molar-refractivity contribution < 1.29 is 9.52 Å². The number of oxazole rings is 1. The highest BCUT2D eigenvalue weighted by Crippen LogP contribution is 2.27. The van der Waals surface area contributed by atoms with Crippen LogP contribution in [-0.4, -0.2) is 25.1 Å². The summed E-state index contributed by atoms with van der Waals surface area (Å²) in [6.45, 7) is 2.00. The second kappa shape index (κ2) is 5.86. The summed E-state index contributed by atoms with van der Waals surface area (Å²) >= 11 is 1.14. The van der Waals surface area contributed by atoms with E-state index in [2.05, 4.69) is 18.7 Å². The van der Waals surface area contributed by atoms with Gasteiger partial charge >= 0.3 is 5.95 Å². The lowest BCUT2D eigenvalue weighted by Crippen LogP contribution is -1.83. The van der Waals surface area contributed by atoms with Crippen molar-refractivity contribution in [3.8, 4) is 17.4 Å². The quantitative estimate of drug-likeness (QED) is 0.569. The monoisotopic (exact) mass is 336 g/mol. The minimum Gasteiger partial charge on any atom is -0.479 e. The fourth-order valence-corrected chi connectivity index (χ4v) is 2.80. The maximum Gasteiger partial charge on any atom is 0.312 e. The molecule has 0 aliphatic carbocycles. The highest BCUT2D eigenvalue weighted by Gasteiger charge is 2.12. The van der Waals surface area contributed by atoms with Crippen LogP contribution >= 0.6 is 11.7 Å². The molecule has 2 aromatic heterocycles. The van der Waals surface area contributed by atoms with Crippen LogP contribution in [0.5, 0.6) is 5.95 Å². The molecule has 0 atom stereocenters. The highest BCUT2D eigenvalue weighted by atomic mass is 32.1. The van der Waals surface area contributed by atoms with E-state index in [4.69, 9.17) is 4.42 Å². The Labute approximate surface area is 141 Å². The number of aryl methyl sites for hydroxylation is 1. The molecule has 0 bridgehead atoms. The summed E-state index contributed by atoms with van der Waals surface area (Å²) in [6.07, 6.45) is 1.46. The summed E-state index contributed by atoms with van der Waals surface area (Å²) in [6, 6.07) is 13.3. The molecule has 0 saturated heterocycles. The van der Waals surface area contributed by atoms with Crippen LogP contribution in [0, 0.1) is 6.92 Å². The van der Waals surface area contributed by atoms with Gasteiger partial charge in [0.05, 0.1) is 23.6 Å². The van der Waals surface area contributed by atoms with Crippen molar-refractivity contribution in [1.82, 2.24) is 13.7 Å². The summed E-state index contributed by atoms with van der Waals surface area (Å²) in [5, 5.41) is 9.95. The number of benzene rings is 2. The Kier molecular flexibility index (Phi) is 3.55. The molecular weight excluding hydrogens is 324 g/mol. The van der Waals surface area contributed by atoms with Gasteiger partial charge in [-0.05, 0) is 31.2 Å². The molecule has 2 heterocycles. The van der Waals surface area contributed by atoms with Crippen LogP contribution in [0.25, 0.3) is 22.5 Å². The van der Waals surface area contributed by atoms with Crippen LogP contribution in [0.2, 0.25) is 0 Å². The van der Waals surface area contributed by atoms with E-state index in [1.54, 1.807) is 0 Å². The minimum absolute atomic E-state index is 0.266. The molecule has 0 aliphatic rings. The van der Waals surface area contributed by atoms with E-state index in [1.165, 1.54) is 6.21 Å². The van der Waals surface area contributed by atoms with Crippen LogP contribution in [0.15, 0.2) is 51.9 Å². The van der Waals surface area contributed by atoms with Gasteiger partial charge in [0.2, 0.25) is 5.89 Å². The number of aliphatic imine (C=N–C) groups is 1. The Hall–Kier alpha value is -3.06. The molecule has 2 aromatic carbocycles. The van der Waals surface area contributed by atoms with Crippen molar-refractivity contribution in [3.05, 3.63) is 53.7 Å². The van der Waals surface area contributed by atoms with E-state index in [-0.39, 0.29) is 11.6 Å². The van der Waals surface area contributed by atoms with Gasteiger partial charge in [-0.1, -0.05) is 23.8 Å². The minimum atomic E-state index is -0.266. The molecule has 0 unspecified atom stereocenters. The van der Waals surface area contributed by atoms with E-state index in [0.717, 1.165) is 33.9 Å². The number of hydrogen-bond donors (Lipinski definition) is 1. The third-order valence-corrected chi connectivity index (χ3v) is 4.07. The Morgan fingerprint density at radius 2 is 1.96 bits per heavy atom. The van der Waals surface area contributed by atoms with Gasteiger partial charge in [0, 0.05) is 5.56 Å². The van der Waals surface area contributed by atoms with Gasteiger partial charge in [-0.2, -0.15) is 8.75 Å². The molecule has 6 nitrogen and oxygen atoms in total. The fourth-order valence-electron chi connectivity index (χ4n) is 2.25. The summed E-state index contributed by atoms with van der Waals surface area (Å²) < 4.78 is 13.7. The van der Waals surface area contributed by atoms with Crippen LogP contribution in [0.4, 0.5) is 5.69 Å². The van der Waals surface area contributed by atoms with Crippen molar-refractivity contribution in [1.29, 1.82) is 0 Å². The molecule has 24 heavy (non-hydrogen) atoms. The summed E-state index contributed by atoms with van der Waals surface area (Å²) in [5.41, 5.74) is 4.38. The molecule has 0 aliphatic heterocycles. The van der Waals surface area contributed by atoms with Crippen LogP contribution in [0.3, 0.4) is 0 Å². The molecule has 0 saturated carbocycles. The van der Waals surface area contributed by atoms with Crippen molar-refractivity contribution in [2.75, 3.05) is 0 Å². The largest absolute Gasteiger partial charge is 0.479 e. The van der Waals surface area contributed by atoms with Gasteiger partial charge in [-0.15, -0.1) is 0 Å². The number of aromatic hydroxyl groups is 1. The number of hydrogen-bond acceptors (Lipinski definition) is 7. The average Bonchev–Trinajstić information content (AvgIpc) is 3.20. The molecule has 0 amide bonds. The lowest BCUT2D eigenvalue weighted by molar-refractivity contribution is 0.337. The molecule has 7 heteroatoms. The second-order valence-electron chi connectivity index (χ2n) is 5.24. The molecule has 0 radical (unpaired) electrons.